The van der Waals surface area contributed by atoms with Gasteiger partial charge in [-0.15, -0.1) is 0 Å². The molecule has 1 aliphatic carbocycles. The highest BCUT2D eigenvalue weighted by molar-refractivity contribution is 6.08. The molecule has 1 saturated carbocycles. The van der Waals surface area contributed by atoms with Gasteiger partial charge < -0.3 is 11.5 Å². The molecule has 0 bridgehead atoms. The molecule has 72 valence electrons. The molecule has 1 aliphatic rings. The first-order valence-corrected chi connectivity index (χ1v) is 4.31. The minimum Gasteiger partial charge on any atom is -0.328 e. The molecular weight excluding hydrogens is 203 g/mol. The fraction of sp³-hybridized carbons (Fsp3) is 1.00. The van der Waals surface area contributed by atoms with E-state index in [1.165, 1.54) is 0 Å². The first kappa shape index (κ1) is 10.5. The summed E-state index contributed by atoms with van der Waals surface area (Å²) in [4.78, 5) is 0. The van der Waals surface area contributed by atoms with Gasteiger partial charge in [0.25, 0.3) is 0 Å². The van der Waals surface area contributed by atoms with E-state index in [2.05, 4.69) is 0 Å². The molecular formula is C6H12Cl2N2O2. The molecule has 2 atom stereocenters. The second kappa shape index (κ2) is 3.65. The van der Waals surface area contributed by atoms with Crippen molar-refractivity contribution in [2.75, 3.05) is 13.1 Å². The molecule has 0 aromatic carbocycles. The fourth-order valence-corrected chi connectivity index (χ4v) is 2.10. The molecule has 1 fully saturated rings. The standard InChI is InChI=1S/C6H12Cl2N2O2/c7-11-5(3-9)1-2-6(5,4-10)12-8/h1-4,9-10H2. The van der Waals surface area contributed by atoms with Crippen LogP contribution in [0.2, 0.25) is 0 Å². The van der Waals surface area contributed by atoms with Crippen molar-refractivity contribution in [1.29, 1.82) is 0 Å². The molecule has 1 rings (SSSR count). The normalized spacial score (nSPS) is 41.0. The zero-order valence-electron chi connectivity index (χ0n) is 6.56. The predicted octanol–water partition coefficient (Wildman–Crippen LogP) is 0.516. The molecule has 4 N–H and O–H groups in total. The maximum atomic E-state index is 5.50. The van der Waals surface area contributed by atoms with E-state index in [-0.39, 0.29) is 13.1 Å². The Bertz CT molecular complexity index is 131. The SMILES string of the molecule is NCC1(OCl)CCC1(CN)OCl. The lowest BCUT2D eigenvalue weighted by atomic mass is 9.65. The topological polar surface area (TPSA) is 70.5 Å². The summed E-state index contributed by atoms with van der Waals surface area (Å²) in [6.45, 7) is 0.501. The van der Waals surface area contributed by atoms with Gasteiger partial charge in [0, 0.05) is 13.1 Å². The van der Waals surface area contributed by atoms with Gasteiger partial charge in [-0.3, -0.25) is 8.58 Å². The number of hydrogen-bond donors (Lipinski definition) is 2. The first-order valence-electron chi connectivity index (χ1n) is 3.70. The van der Waals surface area contributed by atoms with Crippen LogP contribution in [0.1, 0.15) is 12.8 Å². The van der Waals surface area contributed by atoms with Gasteiger partial charge in [0.2, 0.25) is 0 Å². The van der Waals surface area contributed by atoms with Crippen LogP contribution >= 0.6 is 23.7 Å². The van der Waals surface area contributed by atoms with E-state index in [1.807, 2.05) is 0 Å². The monoisotopic (exact) mass is 214 g/mol. The summed E-state index contributed by atoms with van der Waals surface area (Å²) in [5, 5.41) is 0. The Morgan fingerprint density at radius 2 is 1.33 bits per heavy atom. The number of hydrogen-bond acceptors (Lipinski definition) is 4. The maximum Gasteiger partial charge on any atom is 0.134 e. The van der Waals surface area contributed by atoms with Crippen molar-refractivity contribution >= 4 is 23.7 Å². The van der Waals surface area contributed by atoms with Crippen LogP contribution in [0.4, 0.5) is 0 Å². The van der Waals surface area contributed by atoms with Crippen LogP contribution in [0, 0.1) is 0 Å². The van der Waals surface area contributed by atoms with Crippen molar-refractivity contribution in [2.24, 2.45) is 11.5 Å². The fourth-order valence-electron chi connectivity index (χ4n) is 1.54. The second-order valence-electron chi connectivity index (χ2n) is 3.05. The highest BCUT2D eigenvalue weighted by atomic mass is 35.5. The van der Waals surface area contributed by atoms with Crippen LogP contribution in [0.25, 0.3) is 0 Å². The highest BCUT2D eigenvalue weighted by Gasteiger charge is 2.61. The molecule has 6 heteroatoms. The molecule has 0 radical (unpaired) electrons. The van der Waals surface area contributed by atoms with Crippen LogP contribution in [0.3, 0.4) is 0 Å². The summed E-state index contributed by atoms with van der Waals surface area (Å²) in [5.74, 6) is 0. The van der Waals surface area contributed by atoms with Crippen molar-refractivity contribution in [3.8, 4) is 0 Å². The Morgan fingerprint density at radius 3 is 1.42 bits per heavy atom. The van der Waals surface area contributed by atoms with Gasteiger partial charge in [0.1, 0.15) is 11.2 Å². The average molecular weight is 215 g/mol. The van der Waals surface area contributed by atoms with Crippen molar-refractivity contribution in [3.05, 3.63) is 0 Å². The van der Waals surface area contributed by atoms with Gasteiger partial charge in [-0.1, -0.05) is 0 Å². The zero-order chi connectivity index (χ0) is 9.24. The minimum absolute atomic E-state index is 0.250. The number of rotatable bonds is 4. The molecule has 0 heterocycles. The van der Waals surface area contributed by atoms with Crippen LogP contribution in [0.15, 0.2) is 0 Å². The number of halogens is 2. The van der Waals surface area contributed by atoms with E-state index in [1.54, 1.807) is 0 Å². The van der Waals surface area contributed by atoms with Gasteiger partial charge >= 0.3 is 0 Å². The quantitative estimate of drug-likeness (QED) is 0.716. The summed E-state index contributed by atoms with van der Waals surface area (Å²) < 4.78 is 9.56. The smallest absolute Gasteiger partial charge is 0.134 e. The van der Waals surface area contributed by atoms with Crippen LogP contribution in [-0.2, 0) is 8.58 Å². The Kier molecular flexibility index (Phi) is 3.20. The van der Waals surface area contributed by atoms with Crippen molar-refractivity contribution < 1.29 is 8.58 Å². The third-order valence-corrected chi connectivity index (χ3v) is 3.31. The third kappa shape index (κ3) is 1.14. The Balaban J connectivity index is 2.77. The van der Waals surface area contributed by atoms with E-state index in [4.69, 9.17) is 43.8 Å². The minimum atomic E-state index is -0.717. The van der Waals surface area contributed by atoms with E-state index in [0.29, 0.717) is 0 Å². The Morgan fingerprint density at radius 1 is 1.00 bits per heavy atom. The lowest BCUT2D eigenvalue weighted by molar-refractivity contribution is -0.174. The predicted molar refractivity (Wildman–Crippen MR) is 46.7 cm³/mol. The van der Waals surface area contributed by atoms with Crippen LogP contribution in [0.5, 0.6) is 0 Å². The first-order chi connectivity index (χ1) is 5.70. The summed E-state index contributed by atoms with van der Waals surface area (Å²) in [6.07, 6.45) is 1.44. The van der Waals surface area contributed by atoms with Gasteiger partial charge in [0.15, 0.2) is 0 Å². The lowest BCUT2D eigenvalue weighted by Gasteiger charge is -2.53. The van der Waals surface area contributed by atoms with E-state index in [0.717, 1.165) is 12.8 Å². The van der Waals surface area contributed by atoms with E-state index in [9.17, 15) is 0 Å². The molecule has 0 saturated heterocycles. The molecule has 0 aromatic rings. The average Bonchev–Trinajstić information content (AvgIpc) is 2.08. The van der Waals surface area contributed by atoms with Gasteiger partial charge in [-0.25, -0.2) is 0 Å². The molecule has 0 aliphatic heterocycles. The van der Waals surface area contributed by atoms with Gasteiger partial charge in [0.05, 0.1) is 23.7 Å². The molecule has 2 unspecified atom stereocenters. The molecule has 4 nitrogen and oxygen atoms in total. The largest absolute Gasteiger partial charge is 0.328 e. The van der Waals surface area contributed by atoms with Crippen LogP contribution in [-0.4, -0.2) is 24.3 Å². The molecule has 0 spiro atoms. The molecule has 0 amide bonds. The highest BCUT2D eigenvalue weighted by Crippen LogP contribution is 2.48. The summed E-state index contributed by atoms with van der Waals surface area (Å²) in [5.41, 5.74) is 9.57. The van der Waals surface area contributed by atoms with Crippen LogP contribution < -0.4 is 11.5 Å². The third-order valence-electron chi connectivity index (χ3n) is 2.72. The summed E-state index contributed by atoms with van der Waals surface area (Å²) in [7, 11) is 0. The van der Waals surface area contributed by atoms with Crippen molar-refractivity contribution in [3.63, 3.8) is 0 Å². The van der Waals surface area contributed by atoms with Gasteiger partial charge in [-0.05, 0) is 12.8 Å². The Hall–Kier alpha value is 0.420. The molecule has 12 heavy (non-hydrogen) atoms. The number of nitrogens with two attached hydrogens (primary N) is 2. The van der Waals surface area contributed by atoms with E-state index < -0.39 is 11.2 Å². The van der Waals surface area contributed by atoms with Crippen molar-refractivity contribution in [1.82, 2.24) is 0 Å². The van der Waals surface area contributed by atoms with Crippen molar-refractivity contribution in [2.45, 2.75) is 24.0 Å². The lowest BCUT2D eigenvalue weighted by Crippen LogP contribution is -2.70. The second-order valence-corrected chi connectivity index (χ2v) is 3.36. The maximum absolute atomic E-state index is 5.50. The Labute approximate surface area is 81.4 Å². The zero-order valence-corrected chi connectivity index (χ0v) is 8.07. The van der Waals surface area contributed by atoms with E-state index >= 15 is 0 Å². The summed E-state index contributed by atoms with van der Waals surface area (Å²) >= 11 is 10.7. The molecule has 0 aromatic heterocycles. The summed E-state index contributed by atoms with van der Waals surface area (Å²) in [6, 6.07) is 0. The van der Waals surface area contributed by atoms with Gasteiger partial charge in [-0.2, -0.15) is 0 Å².